The smallest absolute Gasteiger partial charge is 0.300 e. The van der Waals surface area contributed by atoms with E-state index in [4.69, 9.17) is 9.97 Å². The molecule has 1 aromatic carbocycles. The maximum absolute atomic E-state index is 12.3. The molecular weight excluding hydrogens is 466 g/mol. The number of nitrogens with one attached hydrogen (secondary N) is 3. The molecule has 0 atom stereocenters. The Morgan fingerprint density at radius 1 is 1.16 bits per heavy atom. The van der Waals surface area contributed by atoms with Gasteiger partial charge in [-0.05, 0) is 62.8 Å². The Hall–Kier alpha value is -4.52. The highest BCUT2D eigenvalue weighted by molar-refractivity contribution is 6.06. The van der Waals surface area contributed by atoms with Crippen LogP contribution in [0.3, 0.4) is 0 Å². The number of nitrogens with zero attached hydrogens (tertiary/aromatic N) is 6. The molecule has 0 bridgehead atoms. The molecule has 0 unspecified atom stereocenters. The van der Waals surface area contributed by atoms with Crippen LogP contribution in [-0.4, -0.2) is 42.2 Å². The number of amides is 1. The first-order chi connectivity index (χ1) is 18.0. The first-order valence-electron chi connectivity index (χ1n) is 12.4. The first-order valence-corrected chi connectivity index (χ1v) is 12.4. The van der Waals surface area contributed by atoms with Crippen LogP contribution in [0.5, 0.6) is 0 Å². The molecule has 1 aliphatic carbocycles. The molecule has 37 heavy (non-hydrogen) atoms. The third-order valence-electron chi connectivity index (χ3n) is 6.45. The van der Waals surface area contributed by atoms with Crippen LogP contribution in [0.2, 0.25) is 0 Å². The Morgan fingerprint density at radius 3 is 2.76 bits per heavy atom. The van der Waals surface area contributed by atoms with Crippen LogP contribution in [0, 0.1) is 24.7 Å². The topological polar surface area (TPSA) is 123 Å². The fourth-order valence-electron chi connectivity index (χ4n) is 4.64. The lowest BCUT2D eigenvalue weighted by atomic mass is 10.1. The van der Waals surface area contributed by atoms with Gasteiger partial charge < -0.3 is 20.5 Å². The molecule has 1 fully saturated rings. The molecule has 0 spiro atoms. The van der Waals surface area contributed by atoms with Crippen molar-refractivity contribution in [3.05, 3.63) is 42.5 Å². The van der Waals surface area contributed by atoms with Gasteiger partial charge in [-0.25, -0.2) is 15.0 Å². The number of aromatic nitrogens is 6. The zero-order valence-electron chi connectivity index (χ0n) is 21.2. The van der Waals surface area contributed by atoms with Gasteiger partial charge >= 0.3 is 0 Å². The van der Waals surface area contributed by atoms with E-state index in [1.807, 2.05) is 38.2 Å². The van der Waals surface area contributed by atoms with Gasteiger partial charge in [0.25, 0.3) is 5.91 Å². The minimum atomic E-state index is -0.418. The summed E-state index contributed by atoms with van der Waals surface area (Å²) >= 11 is 0. The number of hydrogen-bond acceptors (Lipinski definition) is 8. The van der Waals surface area contributed by atoms with E-state index in [0.29, 0.717) is 29.1 Å². The van der Waals surface area contributed by atoms with Gasteiger partial charge in [0, 0.05) is 36.4 Å². The first kappa shape index (κ1) is 24.2. The minimum absolute atomic E-state index is 0.394. The zero-order valence-corrected chi connectivity index (χ0v) is 21.2. The molecule has 1 saturated carbocycles. The van der Waals surface area contributed by atoms with E-state index < -0.39 is 5.91 Å². The average Bonchev–Trinajstić information content (AvgIpc) is 3.56. The van der Waals surface area contributed by atoms with E-state index >= 15 is 0 Å². The molecule has 3 heterocycles. The van der Waals surface area contributed by atoms with E-state index in [2.05, 4.69) is 43.0 Å². The van der Waals surface area contributed by atoms with Gasteiger partial charge in [0.15, 0.2) is 11.6 Å². The number of benzene rings is 1. The molecule has 10 nitrogen and oxygen atoms in total. The third kappa shape index (κ3) is 5.51. The maximum atomic E-state index is 12.3. The number of aryl methyl sites for hydroxylation is 2. The van der Waals surface area contributed by atoms with Crippen LogP contribution in [0.25, 0.3) is 22.3 Å². The van der Waals surface area contributed by atoms with Gasteiger partial charge in [-0.2, -0.15) is 0 Å². The summed E-state index contributed by atoms with van der Waals surface area (Å²) in [5, 5.41) is 18.7. The lowest BCUT2D eigenvalue weighted by Gasteiger charge is -2.15. The van der Waals surface area contributed by atoms with Gasteiger partial charge in [0.2, 0.25) is 5.95 Å². The summed E-state index contributed by atoms with van der Waals surface area (Å²) in [7, 11) is 1.86. The lowest BCUT2D eigenvalue weighted by molar-refractivity contribution is -0.111. The maximum Gasteiger partial charge on any atom is 0.300 e. The van der Waals surface area contributed by atoms with E-state index in [1.165, 1.54) is 25.7 Å². The van der Waals surface area contributed by atoms with Crippen molar-refractivity contribution in [2.75, 3.05) is 22.5 Å². The van der Waals surface area contributed by atoms with Gasteiger partial charge in [0.05, 0.1) is 11.4 Å². The zero-order chi connectivity index (χ0) is 25.8. The molecule has 1 amide bonds. The van der Waals surface area contributed by atoms with E-state index in [0.717, 1.165) is 34.5 Å². The number of pyridine rings is 1. The van der Waals surface area contributed by atoms with Crippen LogP contribution in [0.15, 0.2) is 36.8 Å². The van der Waals surface area contributed by atoms with Crippen LogP contribution in [0.1, 0.15) is 38.3 Å². The van der Waals surface area contributed by atoms with Crippen molar-refractivity contribution in [3.8, 4) is 23.2 Å². The number of carbonyl (C=O) groups excluding carboxylic acids is 1. The van der Waals surface area contributed by atoms with Crippen molar-refractivity contribution in [1.29, 1.82) is 0 Å². The number of fused-ring (bicyclic) bond motifs is 1. The second-order valence-electron chi connectivity index (χ2n) is 9.26. The fourth-order valence-corrected chi connectivity index (χ4v) is 4.64. The van der Waals surface area contributed by atoms with E-state index in [1.54, 1.807) is 24.0 Å². The van der Waals surface area contributed by atoms with Crippen molar-refractivity contribution in [1.82, 2.24) is 29.7 Å². The Kier molecular flexibility index (Phi) is 6.94. The summed E-state index contributed by atoms with van der Waals surface area (Å²) < 4.78 is 1.81. The monoisotopic (exact) mass is 495 g/mol. The second kappa shape index (κ2) is 10.6. The number of hydrogen-bond donors (Lipinski definition) is 3. The fraction of sp³-hybridized carbons (Fsp3) is 0.333. The Labute approximate surface area is 215 Å². The van der Waals surface area contributed by atoms with E-state index in [-0.39, 0.29) is 0 Å². The summed E-state index contributed by atoms with van der Waals surface area (Å²) in [5.41, 5.74) is 3.60. The summed E-state index contributed by atoms with van der Waals surface area (Å²) in [6.45, 7) is 4.47. The highest BCUT2D eigenvalue weighted by Gasteiger charge is 2.17. The molecule has 0 aliphatic heterocycles. The standard InChI is InChI=1S/C27H29N9O/c1-4-7-23(37)32-22-13-19(26-35-30-16-36(26)3)10-11-21(22)33-27-29-15-20-12-17(2)31-25(24(20)34-27)28-14-18-8-5-6-9-18/h10-13,15-16,18H,5-6,8-9,14H2,1-3H3,(H,28,31)(H,32,37)(H,29,33,34). The highest BCUT2D eigenvalue weighted by atomic mass is 16.1. The highest BCUT2D eigenvalue weighted by Crippen LogP contribution is 2.31. The average molecular weight is 496 g/mol. The Bertz CT molecular complexity index is 1510. The normalized spacial score (nSPS) is 13.3. The molecule has 5 rings (SSSR count). The predicted molar refractivity (Wildman–Crippen MR) is 144 cm³/mol. The van der Waals surface area contributed by atoms with Crippen molar-refractivity contribution in [2.45, 2.75) is 39.5 Å². The summed E-state index contributed by atoms with van der Waals surface area (Å²) in [5.74, 6) is 7.22. The quantitative estimate of drug-likeness (QED) is 0.322. The van der Waals surface area contributed by atoms with E-state index in [9.17, 15) is 4.79 Å². The van der Waals surface area contributed by atoms with Crippen molar-refractivity contribution in [3.63, 3.8) is 0 Å². The molecule has 10 heteroatoms. The molecule has 3 N–H and O–H groups in total. The molecule has 0 radical (unpaired) electrons. The molecule has 3 aromatic heterocycles. The van der Waals surface area contributed by atoms with Gasteiger partial charge in [-0.15, -0.1) is 10.2 Å². The van der Waals surface area contributed by atoms with Gasteiger partial charge in [-0.3, -0.25) is 4.79 Å². The Balaban J connectivity index is 1.47. The van der Waals surface area contributed by atoms with Crippen molar-refractivity contribution in [2.24, 2.45) is 13.0 Å². The van der Waals surface area contributed by atoms with Crippen LogP contribution in [0.4, 0.5) is 23.1 Å². The molecule has 1 aliphatic rings. The summed E-state index contributed by atoms with van der Waals surface area (Å²) in [4.78, 5) is 26.3. The second-order valence-corrected chi connectivity index (χ2v) is 9.26. The number of anilines is 4. The number of rotatable bonds is 7. The SMILES string of the molecule is CC#CC(=O)Nc1cc(-c2nncn2C)ccc1Nc1ncc2cc(C)nc(NCC3CCCC3)c2n1. The van der Waals surface area contributed by atoms with Crippen molar-refractivity contribution >= 4 is 40.0 Å². The third-order valence-corrected chi connectivity index (χ3v) is 6.45. The minimum Gasteiger partial charge on any atom is -0.368 e. The molecule has 188 valence electrons. The molecule has 4 aromatic rings. The van der Waals surface area contributed by atoms with Gasteiger partial charge in [-0.1, -0.05) is 18.8 Å². The predicted octanol–water partition coefficient (Wildman–Crippen LogP) is 4.44. The molecular formula is C27H29N9O. The number of carbonyl (C=O) groups is 1. The van der Waals surface area contributed by atoms with Crippen molar-refractivity contribution < 1.29 is 4.79 Å². The summed E-state index contributed by atoms with van der Waals surface area (Å²) in [6.07, 6.45) is 8.50. The van der Waals surface area contributed by atoms with Crippen LogP contribution < -0.4 is 16.0 Å². The van der Waals surface area contributed by atoms with Gasteiger partial charge in [0.1, 0.15) is 11.8 Å². The van der Waals surface area contributed by atoms with Crippen LogP contribution in [-0.2, 0) is 11.8 Å². The molecule has 0 saturated heterocycles. The largest absolute Gasteiger partial charge is 0.368 e. The van der Waals surface area contributed by atoms with Crippen LogP contribution >= 0.6 is 0 Å². The summed E-state index contributed by atoms with van der Waals surface area (Å²) in [6, 6.07) is 7.54. The lowest BCUT2D eigenvalue weighted by Crippen LogP contribution is -2.13. The Morgan fingerprint density at radius 2 is 2.00 bits per heavy atom.